The van der Waals surface area contributed by atoms with E-state index in [-0.39, 0.29) is 12.1 Å². The van der Waals surface area contributed by atoms with E-state index in [1.807, 2.05) is 13.1 Å². The van der Waals surface area contributed by atoms with Crippen molar-refractivity contribution in [3.8, 4) is 5.75 Å². The zero-order valence-corrected chi connectivity index (χ0v) is 18.2. The number of halogens is 1. The molecule has 1 fully saturated rings. The highest BCUT2D eigenvalue weighted by Gasteiger charge is 2.27. The van der Waals surface area contributed by atoms with Crippen LogP contribution in [-0.4, -0.2) is 49.1 Å². The van der Waals surface area contributed by atoms with Gasteiger partial charge in [-0.1, -0.05) is 36.9 Å². The fraction of sp³-hybridized carbons (Fsp3) is 0.609. The number of amides is 1. The van der Waals surface area contributed by atoms with Crippen molar-refractivity contribution in [3.05, 3.63) is 41.9 Å². The summed E-state index contributed by atoms with van der Waals surface area (Å²) in [5.41, 5.74) is 0. The van der Waals surface area contributed by atoms with Crippen molar-refractivity contribution in [3.63, 3.8) is 0 Å². The van der Waals surface area contributed by atoms with Crippen molar-refractivity contribution in [1.82, 2.24) is 9.80 Å². The van der Waals surface area contributed by atoms with Crippen molar-refractivity contribution >= 4 is 17.7 Å². The lowest BCUT2D eigenvalue weighted by Crippen LogP contribution is -2.41. The van der Waals surface area contributed by atoms with Crippen LogP contribution in [0.3, 0.4) is 0 Å². The molecule has 0 atom stereocenters. The molecule has 28 heavy (non-hydrogen) atoms. The molecule has 0 bridgehead atoms. The van der Waals surface area contributed by atoms with E-state index in [1.165, 1.54) is 38.5 Å². The Labute approximate surface area is 175 Å². The zero-order valence-electron chi connectivity index (χ0n) is 17.4. The summed E-state index contributed by atoms with van der Waals surface area (Å²) in [6, 6.07) is 7.18. The molecule has 0 spiro atoms. The molecule has 0 saturated heterocycles. The van der Waals surface area contributed by atoms with E-state index < -0.39 is 0 Å². The van der Waals surface area contributed by atoms with Gasteiger partial charge >= 0.3 is 6.09 Å². The zero-order chi connectivity index (χ0) is 20.4. The van der Waals surface area contributed by atoms with Gasteiger partial charge in [-0.05, 0) is 75.9 Å². The first kappa shape index (κ1) is 22.8. The van der Waals surface area contributed by atoms with E-state index in [2.05, 4.69) is 18.5 Å². The third-order valence-corrected chi connectivity index (χ3v) is 6.02. The minimum Gasteiger partial charge on any atom is -0.410 e. The molecule has 1 amide bonds. The van der Waals surface area contributed by atoms with Crippen LogP contribution >= 0.6 is 11.6 Å². The number of hydrogen-bond donors (Lipinski definition) is 0. The number of nitrogens with zero attached hydrogens (tertiary/aromatic N) is 2. The molecule has 1 aliphatic carbocycles. The molecule has 156 valence electrons. The van der Waals surface area contributed by atoms with Gasteiger partial charge in [-0.2, -0.15) is 0 Å². The van der Waals surface area contributed by atoms with Crippen molar-refractivity contribution in [2.75, 3.05) is 27.2 Å². The van der Waals surface area contributed by atoms with E-state index in [4.69, 9.17) is 16.3 Å². The van der Waals surface area contributed by atoms with Crippen LogP contribution in [0.1, 0.15) is 51.4 Å². The van der Waals surface area contributed by atoms with Gasteiger partial charge in [0.15, 0.2) is 0 Å². The van der Waals surface area contributed by atoms with E-state index in [0.717, 1.165) is 31.8 Å². The number of ether oxygens (including phenoxy) is 1. The van der Waals surface area contributed by atoms with Gasteiger partial charge in [0.25, 0.3) is 0 Å². The summed E-state index contributed by atoms with van der Waals surface area (Å²) >= 11 is 5.87. The predicted molar refractivity (Wildman–Crippen MR) is 117 cm³/mol. The highest BCUT2D eigenvalue weighted by Crippen LogP contribution is 2.31. The molecule has 1 aromatic rings. The fourth-order valence-corrected chi connectivity index (χ4v) is 4.07. The summed E-state index contributed by atoms with van der Waals surface area (Å²) in [6.07, 6.45) is 11.4. The van der Waals surface area contributed by atoms with Crippen LogP contribution in [0.4, 0.5) is 4.79 Å². The second-order valence-corrected chi connectivity index (χ2v) is 8.44. The lowest BCUT2D eigenvalue weighted by Gasteiger charge is -2.34. The fourth-order valence-electron chi connectivity index (χ4n) is 3.95. The smallest absolute Gasteiger partial charge is 0.410 e. The number of carbonyl (C=O) groups is 1. The number of unbranched alkanes of at least 4 members (excludes halogenated alkanes) is 2. The largest absolute Gasteiger partial charge is 0.415 e. The number of rotatable bonds is 10. The molecular weight excluding hydrogens is 372 g/mol. The van der Waals surface area contributed by atoms with Crippen molar-refractivity contribution in [1.29, 1.82) is 0 Å². The van der Waals surface area contributed by atoms with Crippen LogP contribution in [0.2, 0.25) is 5.02 Å². The first-order valence-electron chi connectivity index (χ1n) is 10.5. The van der Waals surface area contributed by atoms with Gasteiger partial charge in [0.1, 0.15) is 5.75 Å². The van der Waals surface area contributed by atoms with Gasteiger partial charge in [-0.25, -0.2) is 4.79 Å². The van der Waals surface area contributed by atoms with E-state index >= 15 is 0 Å². The maximum atomic E-state index is 12.4. The standard InChI is InChI=1S/C23H35ClN2O2/c1-4-17-25(2)18-7-5-6-8-19-9-13-21(14-10-19)26(3)23(27)28-22-15-11-20(24)12-16-22/h4,11-12,15-16,19,21H,1,5-10,13-14,17-18H2,2-3H3/t19-,21-. The van der Waals surface area contributed by atoms with Crippen LogP contribution in [0, 0.1) is 5.92 Å². The van der Waals surface area contributed by atoms with Gasteiger partial charge in [-0.3, -0.25) is 0 Å². The average molecular weight is 407 g/mol. The SMILES string of the molecule is C=CCN(C)CCCCC[C@H]1CC[C@H](N(C)C(=O)Oc2ccc(Cl)cc2)CC1. The van der Waals surface area contributed by atoms with Gasteiger partial charge in [-0.15, -0.1) is 6.58 Å². The van der Waals surface area contributed by atoms with Crippen LogP contribution in [0.5, 0.6) is 5.75 Å². The number of hydrogen-bond acceptors (Lipinski definition) is 3. The topological polar surface area (TPSA) is 32.8 Å². The molecular formula is C23H35ClN2O2. The first-order valence-corrected chi connectivity index (χ1v) is 10.9. The molecule has 0 radical (unpaired) electrons. The summed E-state index contributed by atoms with van der Waals surface area (Å²) in [6.45, 7) is 5.90. The van der Waals surface area contributed by atoms with E-state index in [9.17, 15) is 4.79 Å². The summed E-state index contributed by atoms with van der Waals surface area (Å²) in [5, 5.41) is 0.634. The van der Waals surface area contributed by atoms with Gasteiger partial charge in [0.2, 0.25) is 0 Å². The van der Waals surface area contributed by atoms with Crippen LogP contribution in [0.15, 0.2) is 36.9 Å². The molecule has 0 unspecified atom stereocenters. The first-order chi connectivity index (χ1) is 13.5. The maximum Gasteiger partial charge on any atom is 0.415 e. The number of carbonyl (C=O) groups excluding carboxylic acids is 1. The van der Waals surface area contributed by atoms with E-state index in [1.54, 1.807) is 29.2 Å². The molecule has 0 N–H and O–H groups in total. The Kier molecular flexibility index (Phi) is 9.86. The Balaban J connectivity index is 1.62. The van der Waals surface area contributed by atoms with Crippen molar-refractivity contribution in [2.24, 2.45) is 5.92 Å². The molecule has 1 saturated carbocycles. The van der Waals surface area contributed by atoms with Crippen LogP contribution in [-0.2, 0) is 0 Å². The maximum absolute atomic E-state index is 12.4. The van der Waals surface area contributed by atoms with Gasteiger partial charge in [0, 0.05) is 24.7 Å². The second-order valence-electron chi connectivity index (χ2n) is 8.01. The molecule has 2 rings (SSSR count). The van der Waals surface area contributed by atoms with Crippen LogP contribution < -0.4 is 4.74 Å². The Bertz CT molecular complexity index is 597. The normalized spacial score (nSPS) is 19.4. The van der Waals surface area contributed by atoms with Gasteiger partial charge in [0.05, 0.1) is 0 Å². The Hall–Kier alpha value is -1.52. The van der Waals surface area contributed by atoms with E-state index in [0.29, 0.717) is 10.8 Å². The molecule has 1 aromatic carbocycles. The van der Waals surface area contributed by atoms with Crippen LogP contribution in [0.25, 0.3) is 0 Å². The minimum absolute atomic E-state index is 0.281. The monoisotopic (exact) mass is 406 g/mol. The minimum atomic E-state index is -0.283. The average Bonchev–Trinajstić information content (AvgIpc) is 2.69. The number of likely N-dealkylation sites (N-methyl/N-ethyl adjacent to an activating group) is 1. The summed E-state index contributed by atoms with van der Waals surface area (Å²) < 4.78 is 5.46. The molecule has 0 aromatic heterocycles. The lowest BCUT2D eigenvalue weighted by atomic mass is 9.82. The van der Waals surface area contributed by atoms with Crippen molar-refractivity contribution in [2.45, 2.75) is 57.4 Å². The lowest BCUT2D eigenvalue weighted by molar-refractivity contribution is 0.123. The number of benzene rings is 1. The molecule has 1 aliphatic rings. The van der Waals surface area contributed by atoms with Gasteiger partial charge < -0.3 is 14.5 Å². The Morgan fingerprint density at radius 2 is 1.82 bits per heavy atom. The molecule has 4 nitrogen and oxygen atoms in total. The Morgan fingerprint density at radius 1 is 1.14 bits per heavy atom. The highest BCUT2D eigenvalue weighted by atomic mass is 35.5. The summed E-state index contributed by atoms with van der Waals surface area (Å²) in [5.74, 6) is 1.34. The molecule has 5 heteroatoms. The quantitative estimate of drug-likeness (QED) is 0.352. The summed E-state index contributed by atoms with van der Waals surface area (Å²) in [4.78, 5) is 16.5. The third-order valence-electron chi connectivity index (χ3n) is 5.76. The predicted octanol–water partition coefficient (Wildman–Crippen LogP) is 6.01. The summed E-state index contributed by atoms with van der Waals surface area (Å²) in [7, 11) is 4.00. The molecule has 0 heterocycles. The molecule has 0 aliphatic heterocycles. The third kappa shape index (κ3) is 7.84. The second kappa shape index (κ2) is 12.1. The Morgan fingerprint density at radius 3 is 2.46 bits per heavy atom. The van der Waals surface area contributed by atoms with Crippen molar-refractivity contribution < 1.29 is 9.53 Å². The highest BCUT2D eigenvalue weighted by molar-refractivity contribution is 6.30.